The predicted octanol–water partition coefficient (Wildman–Crippen LogP) is 2.88. The minimum absolute atomic E-state index is 0.00359. The number of anilines is 1. The van der Waals surface area contributed by atoms with Crippen molar-refractivity contribution in [3.8, 4) is 0 Å². The molecule has 0 aliphatic heterocycles. The van der Waals surface area contributed by atoms with Crippen LogP contribution in [0.25, 0.3) is 0 Å². The van der Waals surface area contributed by atoms with Gasteiger partial charge in [-0.25, -0.2) is 4.79 Å². The molecule has 2 amide bonds. The molecular formula is C13H17BrN2O2. The van der Waals surface area contributed by atoms with Gasteiger partial charge in [0.1, 0.15) is 0 Å². The maximum absolute atomic E-state index is 11.9. The van der Waals surface area contributed by atoms with Gasteiger partial charge in [0.05, 0.1) is 17.8 Å². The van der Waals surface area contributed by atoms with Crippen LogP contribution in [0.15, 0.2) is 28.7 Å². The Balaban J connectivity index is 1.98. The van der Waals surface area contributed by atoms with E-state index in [0.717, 1.165) is 35.8 Å². The van der Waals surface area contributed by atoms with Gasteiger partial charge >= 0.3 is 6.03 Å². The minimum Gasteiger partial charge on any atom is -0.394 e. The van der Waals surface area contributed by atoms with Gasteiger partial charge < -0.3 is 15.7 Å². The third-order valence-electron chi connectivity index (χ3n) is 3.36. The number of halogens is 1. The standard InChI is InChI=1S/C13H17BrN2O2/c14-10-5-1-2-6-11(10)15-12(18)16-13(9-17)7-3-4-8-13/h1-2,5-6,17H,3-4,7-9H2,(H2,15,16,18). The van der Waals surface area contributed by atoms with E-state index >= 15 is 0 Å². The normalized spacial score (nSPS) is 17.4. The summed E-state index contributed by atoms with van der Waals surface area (Å²) in [4.78, 5) is 11.9. The molecule has 18 heavy (non-hydrogen) atoms. The van der Waals surface area contributed by atoms with E-state index in [-0.39, 0.29) is 12.6 Å². The molecule has 0 atom stereocenters. The molecular weight excluding hydrogens is 296 g/mol. The maximum atomic E-state index is 11.9. The Morgan fingerprint density at radius 1 is 1.33 bits per heavy atom. The molecule has 0 heterocycles. The third kappa shape index (κ3) is 3.03. The topological polar surface area (TPSA) is 61.4 Å². The molecule has 0 radical (unpaired) electrons. The number of hydrogen-bond donors (Lipinski definition) is 3. The Kier molecular flexibility index (Phi) is 4.24. The molecule has 1 aliphatic rings. The first-order valence-electron chi connectivity index (χ1n) is 6.10. The summed E-state index contributed by atoms with van der Waals surface area (Å²) in [6.45, 7) is -0.00359. The van der Waals surface area contributed by atoms with Crippen molar-refractivity contribution < 1.29 is 9.90 Å². The fourth-order valence-corrected chi connectivity index (χ4v) is 2.72. The Bertz CT molecular complexity index is 431. The van der Waals surface area contributed by atoms with Crippen molar-refractivity contribution in [2.24, 2.45) is 0 Å². The highest BCUT2D eigenvalue weighted by Crippen LogP contribution is 2.29. The Morgan fingerprint density at radius 2 is 2.00 bits per heavy atom. The molecule has 1 aromatic rings. The van der Waals surface area contributed by atoms with Crippen LogP contribution in [0.2, 0.25) is 0 Å². The van der Waals surface area contributed by atoms with Gasteiger partial charge in [0.15, 0.2) is 0 Å². The molecule has 1 aromatic carbocycles. The zero-order valence-electron chi connectivity index (χ0n) is 10.1. The fraction of sp³-hybridized carbons (Fsp3) is 0.462. The van der Waals surface area contributed by atoms with Crippen molar-refractivity contribution >= 4 is 27.6 Å². The molecule has 2 rings (SSSR count). The molecule has 1 saturated carbocycles. The SMILES string of the molecule is O=C(Nc1ccccc1Br)NC1(CO)CCCC1. The number of nitrogens with one attached hydrogen (secondary N) is 2. The highest BCUT2D eigenvalue weighted by atomic mass is 79.9. The second-order valence-corrected chi connectivity index (χ2v) is 5.56. The summed E-state index contributed by atoms with van der Waals surface area (Å²) in [6.07, 6.45) is 3.78. The lowest BCUT2D eigenvalue weighted by molar-refractivity contribution is 0.167. The first kappa shape index (κ1) is 13.4. The number of para-hydroxylation sites is 1. The van der Waals surface area contributed by atoms with Crippen molar-refractivity contribution in [2.75, 3.05) is 11.9 Å². The number of benzene rings is 1. The van der Waals surface area contributed by atoms with Crippen LogP contribution < -0.4 is 10.6 Å². The van der Waals surface area contributed by atoms with Gasteiger partial charge in [-0.1, -0.05) is 25.0 Å². The lowest BCUT2D eigenvalue weighted by atomic mass is 9.99. The van der Waals surface area contributed by atoms with Gasteiger partial charge in [-0.2, -0.15) is 0 Å². The quantitative estimate of drug-likeness (QED) is 0.803. The molecule has 1 aliphatic carbocycles. The van der Waals surface area contributed by atoms with Gasteiger partial charge in [0.2, 0.25) is 0 Å². The van der Waals surface area contributed by atoms with Gasteiger partial charge in [-0.3, -0.25) is 0 Å². The molecule has 4 nitrogen and oxygen atoms in total. The van der Waals surface area contributed by atoms with E-state index in [4.69, 9.17) is 0 Å². The lowest BCUT2D eigenvalue weighted by Crippen LogP contribution is -2.50. The summed E-state index contributed by atoms with van der Waals surface area (Å²) in [7, 11) is 0. The molecule has 0 spiro atoms. The molecule has 5 heteroatoms. The second-order valence-electron chi connectivity index (χ2n) is 4.70. The molecule has 3 N–H and O–H groups in total. The monoisotopic (exact) mass is 312 g/mol. The van der Waals surface area contributed by atoms with Crippen LogP contribution in [0.4, 0.5) is 10.5 Å². The van der Waals surface area contributed by atoms with Crippen molar-refractivity contribution in [1.29, 1.82) is 0 Å². The van der Waals surface area contributed by atoms with Crippen LogP contribution >= 0.6 is 15.9 Å². The summed E-state index contributed by atoms with van der Waals surface area (Å²) in [5.74, 6) is 0. The summed E-state index contributed by atoms with van der Waals surface area (Å²) < 4.78 is 0.838. The summed E-state index contributed by atoms with van der Waals surface area (Å²) in [5.41, 5.74) is 0.284. The van der Waals surface area contributed by atoms with E-state index in [1.54, 1.807) is 0 Å². The largest absolute Gasteiger partial charge is 0.394 e. The first-order valence-corrected chi connectivity index (χ1v) is 6.89. The molecule has 0 unspecified atom stereocenters. The van der Waals surface area contributed by atoms with Crippen molar-refractivity contribution in [3.63, 3.8) is 0 Å². The van der Waals surface area contributed by atoms with Gasteiger partial charge in [-0.15, -0.1) is 0 Å². The number of aliphatic hydroxyl groups is 1. The molecule has 1 fully saturated rings. The molecule has 98 valence electrons. The zero-order chi connectivity index (χ0) is 13.0. The predicted molar refractivity (Wildman–Crippen MR) is 74.6 cm³/mol. The van der Waals surface area contributed by atoms with E-state index in [0.29, 0.717) is 0 Å². The Labute approximate surface area is 115 Å². The summed E-state index contributed by atoms with van der Waals surface area (Å²) in [5, 5.41) is 15.1. The number of carbonyl (C=O) groups is 1. The van der Waals surface area contributed by atoms with Crippen LogP contribution in [-0.4, -0.2) is 23.3 Å². The Morgan fingerprint density at radius 3 is 2.61 bits per heavy atom. The average molecular weight is 313 g/mol. The molecule has 0 aromatic heterocycles. The van der Waals surface area contributed by atoms with Gasteiger partial charge in [-0.05, 0) is 40.9 Å². The van der Waals surface area contributed by atoms with E-state index < -0.39 is 5.54 Å². The number of urea groups is 1. The van der Waals surface area contributed by atoms with Crippen LogP contribution in [0.1, 0.15) is 25.7 Å². The van der Waals surface area contributed by atoms with Crippen molar-refractivity contribution in [2.45, 2.75) is 31.2 Å². The highest BCUT2D eigenvalue weighted by Gasteiger charge is 2.34. The van der Waals surface area contributed by atoms with Crippen LogP contribution in [0, 0.1) is 0 Å². The minimum atomic E-state index is -0.439. The summed E-state index contributed by atoms with van der Waals surface area (Å²) >= 11 is 3.38. The first-order chi connectivity index (χ1) is 8.65. The fourth-order valence-electron chi connectivity index (χ4n) is 2.33. The van der Waals surface area contributed by atoms with Crippen molar-refractivity contribution in [3.05, 3.63) is 28.7 Å². The number of hydrogen-bond acceptors (Lipinski definition) is 2. The van der Waals surface area contributed by atoms with Gasteiger partial charge in [0, 0.05) is 4.47 Å². The number of carbonyl (C=O) groups excluding carboxylic acids is 1. The molecule has 0 bridgehead atoms. The summed E-state index contributed by atoms with van der Waals surface area (Å²) in [6, 6.07) is 7.17. The Hall–Kier alpha value is -1.07. The van der Waals surface area contributed by atoms with Crippen molar-refractivity contribution in [1.82, 2.24) is 5.32 Å². The van der Waals surface area contributed by atoms with Crippen LogP contribution in [0.5, 0.6) is 0 Å². The van der Waals surface area contributed by atoms with Crippen LogP contribution in [0.3, 0.4) is 0 Å². The van der Waals surface area contributed by atoms with E-state index in [1.807, 2.05) is 24.3 Å². The number of aliphatic hydroxyl groups excluding tert-OH is 1. The number of rotatable bonds is 3. The van der Waals surface area contributed by atoms with E-state index in [1.165, 1.54) is 0 Å². The lowest BCUT2D eigenvalue weighted by Gasteiger charge is -2.28. The zero-order valence-corrected chi connectivity index (χ0v) is 11.7. The average Bonchev–Trinajstić information content (AvgIpc) is 2.81. The highest BCUT2D eigenvalue weighted by molar-refractivity contribution is 9.10. The smallest absolute Gasteiger partial charge is 0.319 e. The van der Waals surface area contributed by atoms with E-state index in [2.05, 4.69) is 26.6 Å². The molecule has 0 saturated heterocycles. The number of amides is 2. The van der Waals surface area contributed by atoms with E-state index in [9.17, 15) is 9.90 Å². The van der Waals surface area contributed by atoms with Gasteiger partial charge in [0.25, 0.3) is 0 Å². The maximum Gasteiger partial charge on any atom is 0.319 e. The van der Waals surface area contributed by atoms with Crippen LogP contribution in [-0.2, 0) is 0 Å². The second kappa shape index (κ2) is 5.71. The third-order valence-corrected chi connectivity index (χ3v) is 4.06.